The fraction of sp³-hybridized carbons (Fsp3) is 0.718. The maximum atomic E-state index is 12.3. The summed E-state index contributed by atoms with van der Waals surface area (Å²) in [5, 5.41) is 51.5. The third-order valence-corrected chi connectivity index (χ3v) is 11.4. The SMILES string of the molecule is C=C(C=CC=C(CO)C1CCC2(C(CCCO)C(=C(C)C=O)CCC2(O)CCNC)C1O)CCC=C(C)CNCC1CCCCC1. The van der Waals surface area contributed by atoms with Crippen molar-refractivity contribution >= 4 is 6.29 Å². The number of rotatable bonds is 18. The van der Waals surface area contributed by atoms with Crippen LogP contribution in [0.2, 0.25) is 0 Å². The number of hydrogen-bond acceptors (Lipinski definition) is 7. The summed E-state index contributed by atoms with van der Waals surface area (Å²) in [6.07, 6.45) is 20.6. The number of carbonyl (C=O) groups is 1. The van der Waals surface area contributed by atoms with Gasteiger partial charge in [-0.1, -0.05) is 66.9 Å². The monoisotopic (exact) mass is 640 g/mol. The van der Waals surface area contributed by atoms with Gasteiger partial charge in [0.1, 0.15) is 6.29 Å². The van der Waals surface area contributed by atoms with E-state index < -0.39 is 17.1 Å². The second kappa shape index (κ2) is 19.2. The smallest absolute Gasteiger partial charge is 0.145 e. The molecule has 0 aromatic carbocycles. The molecule has 3 rings (SSSR count). The van der Waals surface area contributed by atoms with Gasteiger partial charge in [0.05, 0.1) is 18.3 Å². The number of nitrogens with one attached hydrogen (secondary N) is 2. The molecule has 7 heteroatoms. The van der Waals surface area contributed by atoms with Crippen LogP contribution in [0.1, 0.15) is 104 Å². The Labute approximate surface area is 279 Å². The van der Waals surface area contributed by atoms with Crippen LogP contribution in [-0.2, 0) is 4.79 Å². The van der Waals surface area contributed by atoms with E-state index in [1.54, 1.807) is 0 Å². The number of aliphatic hydroxyl groups excluding tert-OH is 3. The van der Waals surface area contributed by atoms with Gasteiger partial charge in [-0.3, -0.25) is 4.79 Å². The van der Waals surface area contributed by atoms with Crippen molar-refractivity contribution in [2.24, 2.45) is 23.2 Å². The molecule has 0 bridgehead atoms. The summed E-state index contributed by atoms with van der Waals surface area (Å²) in [5.74, 6) is 0.290. The zero-order valence-corrected chi connectivity index (χ0v) is 29.0. The molecule has 3 aliphatic rings. The minimum Gasteiger partial charge on any atom is -0.396 e. The maximum Gasteiger partial charge on any atom is 0.145 e. The number of hydrogen-bond donors (Lipinski definition) is 6. The topological polar surface area (TPSA) is 122 Å². The summed E-state index contributed by atoms with van der Waals surface area (Å²) >= 11 is 0. The largest absolute Gasteiger partial charge is 0.396 e. The van der Waals surface area contributed by atoms with Crippen LogP contribution in [0.15, 0.2) is 58.7 Å². The van der Waals surface area contributed by atoms with Crippen molar-refractivity contribution in [2.45, 2.75) is 115 Å². The summed E-state index contributed by atoms with van der Waals surface area (Å²) in [5.41, 5.74) is 2.75. The molecule has 3 aliphatic carbocycles. The van der Waals surface area contributed by atoms with Gasteiger partial charge < -0.3 is 31.1 Å². The van der Waals surface area contributed by atoms with Gasteiger partial charge >= 0.3 is 0 Å². The summed E-state index contributed by atoms with van der Waals surface area (Å²) < 4.78 is 0. The Morgan fingerprint density at radius 2 is 1.87 bits per heavy atom. The highest BCUT2D eigenvalue weighted by atomic mass is 16.3. The number of allylic oxidation sites excluding steroid dienone is 7. The molecule has 3 fully saturated rings. The first kappa shape index (κ1) is 38.6. The molecule has 5 atom stereocenters. The fourth-order valence-electron chi connectivity index (χ4n) is 8.81. The lowest BCUT2D eigenvalue weighted by Crippen LogP contribution is -2.61. The van der Waals surface area contributed by atoms with Gasteiger partial charge in [0, 0.05) is 24.5 Å². The first-order valence-corrected chi connectivity index (χ1v) is 18.0. The van der Waals surface area contributed by atoms with Crippen molar-refractivity contribution in [3.8, 4) is 0 Å². The molecule has 0 heterocycles. The summed E-state index contributed by atoms with van der Waals surface area (Å²) in [4.78, 5) is 11.9. The van der Waals surface area contributed by atoms with Crippen LogP contribution in [0.3, 0.4) is 0 Å². The zero-order chi connectivity index (χ0) is 33.6. The van der Waals surface area contributed by atoms with Crippen LogP contribution in [0.4, 0.5) is 0 Å². The predicted octanol–water partition coefficient (Wildman–Crippen LogP) is 5.71. The van der Waals surface area contributed by atoms with E-state index in [0.29, 0.717) is 57.1 Å². The molecule has 0 saturated heterocycles. The third-order valence-electron chi connectivity index (χ3n) is 11.4. The van der Waals surface area contributed by atoms with Crippen LogP contribution in [0.25, 0.3) is 0 Å². The molecule has 1 spiro atoms. The van der Waals surface area contributed by atoms with Crippen LogP contribution in [0, 0.1) is 23.2 Å². The Morgan fingerprint density at radius 3 is 2.54 bits per heavy atom. The lowest BCUT2D eigenvalue weighted by molar-refractivity contribution is -0.180. The molecule has 46 heavy (non-hydrogen) atoms. The Bertz CT molecular complexity index is 1100. The van der Waals surface area contributed by atoms with Crippen molar-refractivity contribution < 1.29 is 25.2 Å². The highest BCUT2D eigenvalue weighted by Gasteiger charge is 2.65. The molecule has 0 aromatic heterocycles. The molecule has 260 valence electrons. The van der Waals surface area contributed by atoms with Crippen molar-refractivity contribution in [1.29, 1.82) is 0 Å². The average Bonchev–Trinajstić information content (AvgIpc) is 3.40. The first-order valence-electron chi connectivity index (χ1n) is 18.0. The number of aliphatic hydroxyl groups is 4. The second-order valence-electron chi connectivity index (χ2n) is 14.4. The Hall–Kier alpha value is -1.87. The lowest BCUT2D eigenvalue weighted by atomic mass is 9.51. The summed E-state index contributed by atoms with van der Waals surface area (Å²) in [6.45, 7) is 10.7. The minimum absolute atomic E-state index is 0.0115. The predicted molar refractivity (Wildman–Crippen MR) is 188 cm³/mol. The molecule has 7 nitrogen and oxygen atoms in total. The quantitative estimate of drug-likeness (QED) is 0.0491. The molecule has 6 N–H and O–H groups in total. The van der Waals surface area contributed by atoms with E-state index in [0.717, 1.165) is 54.9 Å². The van der Waals surface area contributed by atoms with E-state index in [2.05, 4.69) is 30.2 Å². The van der Waals surface area contributed by atoms with Crippen molar-refractivity contribution in [2.75, 3.05) is 39.9 Å². The summed E-state index contributed by atoms with van der Waals surface area (Å²) in [7, 11) is 1.86. The van der Waals surface area contributed by atoms with Gasteiger partial charge in [0.15, 0.2) is 0 Å². The van der Waals surface area contributed by atoms with E-state index in [1.165, 1.54) is 37.7 Å². The molecule has 0 aliphatic heterocycles. The molecule has 0 aromatic rings. The van der Waals surface area contributed by atoms with Gasteiger partial charge in [0.25, 0.3) is 0 Å². The van der Waals surface area contributed by atoms with Gasteiger partial charge in [-0.15, -0.1) is 0 Å². The van der Waals surface area contributed by atoms with Crippen molar-refractivity contribution in [3.63, 3.8) is 0 Å². The summed E-state index contributed by atoms with van der Waals surface area (Å²) in [6, 6.07) is 0. The van der Waals surface area contributed by atoms with E-state index in [4.69, 9.17) is 0 Å². The van der Waals surface area contributed by atoms with Gasteiger partial charge in [0.2, 0.25) is 0 Å². The Morgan fingerprint density at radius 1 is 1.11 bits per heavy atom. The maximum absolute atomic E-state index is 12.3. The van der Waals surface area contributed by atoms with Gasteiger partial charge in [-0.25, -0.2) is 0 Å². The van der Waals surface area contributed by atoms with Gasteiger partial charge in [-0.2, -0.15) is 0 Å². The van der Waals surface area contributed by atoms with E-state index in [1.807, 2.05) is 32.2 Å². The van der Waals surface area contributed by atoms with Crippen LogP contribution in [-0.4, -0.2) is 78.3 Å². The van der Waals surface area contributed by atoms with Crippen LogP contribution < -0.4 is 10.6 Å². The molecule has 5 unspecified atom stereocenters. The third kappa shape index (κ3) is 9.61. The van der Waals surface area contributed by atoms with E-state index in [9.17, 15) is 25.2 Å². The number of carbonyl (C=O) groups excluding carboxylic acids is 1. The fourth-order valence-corrected chi connectivity index (χ4v) is 8.81. The average molecular weight is 641 g/mol. The van der Waals surface area contributed by atoms with E-state index >= 15 is 0 Å². The van der Waals surface area contributed by atoms with Crippen molar-refractivity contribution in [3.05, 3.63) is 58.7 Å². The second-order valence-corrected chi connectivity index (χ2v) is 14.4. The van der Waals surface area contributed by atoms with Crippen LogP contribution >= 0.6 is 0 Å². The first-order chi connectivity index (χ1) is 22.2. The number of aldehydes is 1. The van der Waals surface area contributed by atoms with E-state index in [-0.39, 0.29) is 25.0 Å². The molecule has 0 amide bonds. The standard InChI is InChI=1S/C39H64N2O5/c1-29(11-8-13-30(2)25-41-26-32-14-6-5-7-15-32)12-9-16-33(28-44)35-19-21-39(37(35)45)36(17-10-24-42)34(31(3)27-43)18-20-38(39,46)22-23-40-4/h9,12-13,16,27,32,35-37,40-42,44-46H,1,5-8,10-11,14-15,17-26,28H2,2-4H3. The Kier molecular flexibility index (Phi) is 16.1. The Balaban J connectivity index is 1.69. The van der Waals surface area contributed by atoms with Gasteiger partial charge in [-0.05, 0) is 128 Å². The highest BCUT2D eigenvalue weighted by molar-refractivity contribution is 5.74. The zero-order valence-electron chi connectivity index (χ0n) is 29.0. The molecule has 3 saturated carbocycles. The normalized spacial score (nSPS) is 30.8. The molecule has 0 radical (unpaired) electrons. The molecular formula is C39H64N2O5. The van der Waals surface area contributed by atoms with Crippen LogP contribution in [0.5, 0.6) is 0 Å². The minimum atomic E-state index is -1.14. The lowest BCUT2D eigenvalue weighted by Gasteiger charge is -2.57. The van der Waals surface area contributed by atoms with Crippen molar-refractivity contribution in [1.82, 2.24) is 10.6 Å². The highest BCUT2D eigenvalue weighted by Crippen LogP contribution is 2.63. The molecular weight excluding hydrogens is 576 g/mol.